The van der Waals surface area contributed by atoms with Crippen LogP contribution in [0, 0.1) is 5.92 Å². The first-order valence-corrected chi connectivity index (χ1v) is 8.20. The molecule has 0 spiro atoms. The van der Waals surface area contributed by atoms with Crippen molar-refractivity contribution < 1.29 is 9.21 Å². The predicted molar refractivity (Wildman–Crippen MR) is 82.6 cm³/mol. The molecule has 1 fully saturated rings. The van der Waals surface area contributed by atoms with Gasteiger partial charge in [-0.2, -0.15) is 5.10 Å². The monoisotopic (exact) mass is 315 g/mol. The number of fused-ring (bicyclic) bond motifs is 1. The molecule has 122 valence electrons. The van der Waals surface area contributed by atoms with E-state index < -0.39 is 0 Å². The van der Waals surface area contributed by atoms with Crippen LogP contribution < -0.4 is 0 Å². The van der Waals surface area contributed by atoms with Gasteiger partial charge in [-0.15, -0.1) is 0 Å². The van der Waals surface area contributed by atoms with Crippen LogP contribution in [0.15, 0.2) is 29.3 Å². The first-order valence-electron chi connectivity index (χ1n) is 8.20. The molecule has 1 amide bonds. The molecule has 0 saturated carbocycles. The molecule has 7 heteroatoms. The molecule has 2 aliphatic heterocycles. The molecule has 4 rings (SSSR count). The van der Waals surface area contributed by atoms with Crippen LogP contribution >= 0.6 is 0 Å². The van der Waals surface area contributed by atoms with Crippen molar-refractivity contribution in [3.8, 4) is 0 Å². The zero-order valence-corrected chi connectivity index (χ0v) is 13.1. The summed E-state index contributed by atoms with van der Waals surface area (Å²) >= 11 is 0. The van der Waals surface area contributed by atoms with Gasteiger partial charge in [0.1, 0.15) is 6.26 Å². The van der Waals surface area contributed by atoms with Crippen molar-refractivity contribution in [3.05, 3.63) is 36.3 Å². The lowest BCUT2D eigenvalue weighted by Crippen LogP contribution is -2.38. The highest BCUT2D eigenvalue weighted by molar-refractivity contribution is 5.91. The molecule has 1 atom stereocenters. The van der Waals surface area contributed by atoms with E-state index in [0.29, 0.717) is 18.2 Å². The first-order chi connectivity index (χ1) is 11.3. The zero-order chi connectivity index (χ0) is 15.6. The van der Waals surface area contributed by atoms with Crippen molar-refractivity contribution in [2.45, 2.75) is 25.9 Å². The average molecular weight is 315 g/mol. The molecule has 0 aromatic carbocycles. The normalized spacial score (nSPS) is 22.1. The highest BCUT2D eigenvalue weighted by atomic mass is 16.3. The van der Waals surface area contributed by atoms with Crippen LogP contribution in [0.25, 0.3) is 0 Å². The maximum Gasteiger partial charge on any atom is 0.276 e. The Morgan fingerprint density at radius 1 is 1.30 bits per heavy atom. The third-order valence-corrected chi connectivity index (χ3v) is 4.72. The summed E-state index contributed by atoms with van der Waals surface area (Å²) in [7, 11) is 0. The summed E-state index contributed by atoms with van der Waals surface area (Å²) in [6.07, 6.45) is 7.09. The van der Waals surface area contributed by atoms with Crippen molar-refractivity contribution in [2.75, 3.05) is 26.2 Å². The van der Waals surface area contributed by atoms with E-state index in [9.17, 15) is 4.79 Å². The lowest BCUT2D eigenvalue weighted by Gasteiger charge is -2.26. The highest BCUT2D eigenvalue weighted by Gasteiger charge is 2.29. The number of carbonyl (C=O) groups excluding carboxylic acids is 1. The van der Waals surface area contributed by atoms with Crippen LogP contribution in [0.3, 0.4) is 0 Å². The van der Waals surface area contributed by atoms with E-state index in [0.717, 1.165) is 25.3 Å². The highest BCUT2D eigenvalue weighted by Crippen LogP contribution is 2.20. The van der Waals surface area contributed by atoms with Gasteiger partial charge in [-0.1, -0.05) is 0 Å². The number of oxazole rings is 1. The number of rotatable bonds is 3. The molecule has 0 unspecified atom stereocenters. The molecule has 2 aliphatic rings. The lowest BCUT2D eigenvalue weighted by molar-refractivity contribution is 0.0702. The first kappa shape index (κ1) is 14.4. The van der Waals surface area contributed by atoms with E-state index >= 15 is 0 Å². The second-order valence-electron chi connectivity index (χ2n) is 6.44. The standard InChI is InChI=1S/C16H21N5O2/c22-16(15-11-23-12-17-15)20-8-13(7-19-5-1-2-6-19)9-21-14(10-20)3-4-18-21/h3-4,11-13H,1-2,5-10H2/t13-/m1/s1. The summed E-state index contributed by atoms with van der Waals surface area (Å²) in [5.74, 6) is 0.310. The van der Waals surface area contributed by atoms with E-state index in [-0.39, 0.29) is 5.91 Å². The molecule has 0 radical (unpaired) electrons. The Hall–Kier alpha value is -2.15. The topological polar surface area (TPSA) is 67.4 Å². The fourth-order valence-corrected chi connectivity index (χ4v) is 3.61. The number of amides is 1. The largest absolute Gasteiger partial charge is 0.451 e. The van der Waals surface area contributed by atoms with E-state index in [1.807, 2.05) is 21.8 Å². The van der Waals surface area contributed by atoms with Gasteiger partial charge in [0.05, 0.1) is 12.2 Å². The average Bonchev–Trinajstić information content (AvgIpc) is 3.28. The fraction of sp³-hybridized carbons (Fsp3) is 0.562. The number of nitrogens with zero attached hydrogens (tertiary/aromatic N) is 5. The smallest absolute Gasteiger partial charge is 0.276 e. The number of hydrogen-bond acceptors (Lipinski definition) is 5. The van der Waals surface area contributed by atoms with Crippen LogP contribution in [0.4, 0.5) is 0 Å². The van der Waals surface area contributed by atoms with Crippen LogP contribution in [-0.4, -0.2) is 56.7 Å². The van der Waals surface area contributed by atoms with Crippen LogP contribution in [0.1, 0.15) is 29.0 Å². The number of hydrogen-bond donors (Lipinski definition) is 0. The molecule has 1 saturated heterocycles. The summed E-state index contributed by atoms with van der Waals surface area (Å²) in [5, 5.41) is 4.42. The third kappa shape index (κ3) is 3.01. The van der Waals surface area contributed by atoms with Gasteiger partial charge in [0, 0.05) is 31.7 Å². The van der Waals surface area contributed by atoms with Crippen molar-refractivity contribution in [3.63, 3.8) is 0 Å². The van der Waals surface area contributed by atoms with E-state index in [2.05, 4.69) is 15.0 Å². The summed E-state index contributed by atoms with van der Waals surface area (Å²) in [6, 6.07) is 1.99. The Labute approximate surface area is 134 Å². The van der Waals surface area contributed by atoms with Crippen molar-refractivity contribution in [1.82, 2.24) is 24.6 Å². The van der Waals surface area contributed by atoms with Crippen molar-refractivity contribution in [2.24, 2.45) is 5.92 Å². The summed E-state index contributed by atoms with van der Waals surface area (Å²) in [5.41, 5.74) is 1.45. The quantitative estimate of drug-likeness (QED) is 0.852. The van der Waals surface area contributed by atoms with Gasteiger partial charge in [-0.3, -0.25) is 9.48 Å². The minimum Gasteiger partial charge on any atom is -0.451 e. The van der Waals surface area contributed by atoms with Gasteiger partial charge >= 0.3 is 0 Å². The minimum absolute atomic E-state index is 0.0696. The SMILES string of the molecule is O=C(c1cocn1)N1Cc2ccnn2C[C@H](CN2CCCC2)C1. The van der Waals surface area contributed by atoms with Gasteiger partial charge in [0.2, 0.25) is 0 Å². The molecule has 7 nitrogen and oxygen atoms in total. The maximum atomic E-state index is 12.7. The number of likely N-dealkylation sites (tertiary alicyclic amines) is 1. The van der Waals surface area contributed by atoms with Gasteiger partial charge in [-0.05, 0) is 32.0 Å². The molecule has 0 aliphatic carbocycles. The Morgan fingerprint density at radius 2 is 2.17 bits per heavy atom. The van der Waals surface area contributed by atoms with E-state index in [1.54, 1.807) is 0 Å². The number of carbonyl (C=O) groups is 1. The van der Waals surface area contributed by atoms with E-state index in [4.69, 9.17) is 4.42 Å². The molecule has 2 aromatic rings. The molecule has 2 aromatic heterocycles. The Kier molecular flexibility index (Phi) is 3.87. The van der Waals surface area contributed by atoms with Gasteiger partial charge in [0.25, 0.3) is 5.91 Å². The lowest BCUT2D eigenvalue weighted by atomic mass is 10.1. The van der Waals surface area contributed by atoms with Gasteiger partial charge in [-0.25, -0.2) is 4.98 Å². The van der Waals surface area contributed by atoms with Crippen molar-refractivity contribution in [1.29, 1.82) is 0 Å². The minimum atomic E-state index is -0.0696. The van der Waals surface area contributed by atoms with Crippen LogP contribution in [-0.2, 0) is 13.1 Å². The maximum absolute atomic E-state index is 12.7. The fourth-order valence-electron chi connectivity index (χ4n) is 3.61. The predicted octanol–water partition coefficient (Wildman–Crippen LogP) is 1.24. The van der Waals surface area contributed by atoms with Gasteiger partial charge < -0.3 is 14.2 Å². The molecular formula is C16H21N5O2. The van der Waals surface area contributed by atoms with Crippen LogP contribution in [0.5, 0.6) is 0 Å². The molecule has 0 N–H and O–H groups in total. The Bertz CT molecular complexity index is 660. The second-order valence-corrected chi connectivity index (χ2v) is 6.44. The molecule has 0 bridgehead atoms. The zero-order valence-electron chi connectivity index (χ0n) is 13.1. The molecule has 23 heavy (non-hydrogen) atoms. The summed E-state index contributed by atoms with van der Waals surface area (Å²) in [4.78, 5) is 21.1. The van der Waals surface area contributed by atoms with Gasteiger partial charge in [0.15, 0.2) is 12.1 Å². The number of aromatic nitrogens is 3. The Morgan fingerprint density at radius 3 is 2.96 bits per heavy atom. The third-order valence-electron chi connectivity index (χ3n) is 4.72. The summed E-state index contributed by atoms with van der Waals surface area (Å²) < 4.78 is 7.00. The Balaban J connectivity index is 1.55. The second kappa shape index (κ2) is 6.16. The van der Waals surface area contributed by atoms with E-state index in [1.165, 1.54) is 38.6 Å². The molecular weight excluding hydrogens is 294 g/mol. The molecule has 4 heterocycles. The van der Waals surface area contributed by atoms with Crippen LogP contribution in [0.2, 0.25) is 0 Å². The van der Waals surface area contributed by atoms with Crippen molar-refractivity contribution >= 4 is 5.91 Å². The summed E-state index contributed by atoms with van der Waals surface area (Å²) in [6.45, 7) is 5.51.